The normalized spacial score (nSPS) is 11.1. The summed E-state index contributed by atoms with van der Waals surface area (Å²) < 4.78 is 2.79. The molecule has 0 spiro atoms. The molecule has 3 rings (SSSR count). The Bertz CT molecular complexity index is 762. The highest BCUT2D eigenvalue weighted by atomic mass is 79.9. The molecule has 2 aromatic carbocycles. The van der Waals surface area contributed by atoms with E-state index in [1.807, 2.05) is 30.3 Å². The predicted molar refractivity (Wildman–Crippen MR) is 89.9 cm³/mol. The number of fused-ring (bicyclic) bond motifs is 1. The largest absolute Gasteiger partial charge is 0.397 e. The quantitative estimate of drug-likeness (QED) is 0.513. The smallest absolute Gasteiger partial charge is 0.124 e. The summed E-state index contributed by atoms with van der Waals surface area (Å²) in [6.45, 7) is 0. The van der Waals surface area contributed by atoms with E-state index in [1.165, 1.54) is 0 Å². The van der Waals surface area contributed by atoms with Crippen LogP contribution < -0.4 is 5.73 Å². The number of nitrogens with two attached hydrogens (primary N) is 1. The van der Waals surface area contributed by atoms with Crippen LogP contribution in [0.1, 0.15) is 0 Å². The van der Waals surface area contributed by atoms with Gasteiger partial charge in [-0.05, 0) is 62.2 Å². The molecule has 0 aliphatic rings. The average Bonchev–Trinajstić information content (AvgIpc) is 2.78. The van der Waals surface area contributed by atoms with E-state index < -0.39 is 0 Å². The minimum absolute atomic E-state index is 0.688. The predicted octanol–water partition coefficient (Wildman–Crippen LogP) is 5.72. The lowest BCUT2D eigenvalue weighted by Gasteiger charge is -2.04. The zero-order valence-electron chi connectivity index (χ0n) is 9.45. The Balaban J connectivity index is 2.19. The molecule has 0 atom stereocenters. The maximum Gasteiger partial charge on any atom is 0.124 e. The van der Waals surface area contributed by atoms with Gasteiger partial charge in [0, 0.05) is 19.5 Å². The summed E-state index contributed by atoms with van der Waals surface area (Å²) in [5.41, 5.74) is 8.55. The first kappa shape index (κ1) is 13.4. The van der Waals surface area contributed by atoms with Gasteiger partial charge in [-0.3, -0.25) is 0 Å². The lowest BCUT2D eigenvalue weighted by atomic mass is 10.2. The van der Waals surface area contributed by atoms with Gasteiger partial charge in [0.1, 0.15) is 5.01 Å². The molecule has 0 aliphatic heterocycles. The van der Waals surface area contributed by atoms with Crippen LogP contribution in [-0.2, 0) is 0 Å². The minimum atomic E-state index is 0.688. The van der Waals surface area contributed by atoms with E-state index in [2.05, 4.69) is 36.8 Å². The molecule has 0 saturated heterocycles. The van der Waals surface area contributed by atoms with Gasteiger partial charge in [0.15, 0.2) is 0 Å². The summed E-state index contributed by atoms with van der Waals surface area (Å²) >= 11 is 14.5. The Hall–Kier alpha value is -0.620. The monoisotopic (exact) mass is 416 g/mol. The van der Waals surface area contributed by atoms with Gasteiger partial charge in [-0.25, -0.2) is 4.98 Å². The van der Waals surface area contributed by atoms with Crippen LogP contribution in [0.2, 0.25) is 5.02 Å². The van der Waals surface area contributed by atoms with Gasteiger partial charge in [-0.2, -0.15) is 0 Å². The van der Waals surface area contributed by atoms with Gasteiger partial charge >= 0.3 is 0 Å². The number of nitrogen functional groups attached to an aromatic ring is 1. The van der Waals surface area contributed by atoms with Gasteiger partial charge < -0.3 is 5.73 Å². The highest BCUT2D eigenvalue weighted by Gasteiger charge is 2.10. The SMILES string of the molecule is Nc1c(Br)cc(-c2nc3ccc(Cl)cc3s2)cc1Br. The highest BCUT2D eigenvalue weighted by Crippen LogP contribution is 2.37. The molecule has 96 valence electrons. The van der Waals surface area contributed by atoms with Crippen molar-refractivity contribution in [3.05, 3.63) is 44.3 Å². The van der Waals surface area contributed by atoms with Crippen LogP contribution in [0.25, 0.3) is 20.8 Å². The minimum Gasteiger partial charge on any atom is -0.397 e. The average molecular weight is 419 g/mol. The summed E-state index contributed by atoms with van der Waals surface area (Å²) in [5.74, 6) is 0. The van der Waals surface area contributed by atoms with Crippen molar-refractivity contribution in [2.24, 2.45) is 0 Å². The molecular formula is C13H7Br2ClN2S. The van der Waals surface area contributed by atoms with E-state index in [0.717, 1.165) is 34.8 Å². The van der Waals surface area contributed by atoms with Crippen molar-refractivity contribution in [3.8, 4) is 10.6 Å². The third-order valence-corrected chi connectivity index (χ3v) is 5.29. The first-order chi connectivity index (χ1) is 9.04. The summed E-state index contributed by atoms with van der Waals surface area (Å²) in [6, 6.07) is 9.65. The summed E-state index contributed by atoms with van der Waals surface area (Å²) in [4.78, 5) is 4.61. The molecule has 6 heteroatoms. The maximum atomic E-state index is 5.99. The number of aromatic nitrogens is 1. The molecular weight excluding hydrogens is 411 g/mol. The van der Waals surface area contributed by atoms with E-state index in [1.54, 1.807) is 11.3 Å². The molecule has 3 aromatic rings. The molecule has 0 aliphatic carbocycles. The Morgan fingerprint density at radius 3 is 2.47 bits per heavy atom. The first-order valence-corrected chi connectivity index (χ1v) is 8.13. The van der Waals surface area contributed by atoms with Crippen LogP contribution in [0.4, 0.5) is 5.69 Å². The van der Waals surface area contributed by atoms with E-state index in [4.69, 9.17) is 17.3 Å². The molecule has 1 heterocycles. The van der Waals surface area contributed by atoms with Crippen molar-refractivity contribution < 1.29 is 0 Å². The lowest BCUT2D eigenvalue weighted by Crippen LogP contribution is -1.89. The van der Waals surface area contributed by atoms with E-state index in [0.29, 0.717) is 5.69 Å². The molecule has 0 unspecified atom stereocenters. The van der Waals surface area contributed by atoms with Crippen molar-refractivity contribution in [1.29, 1.82) is 0 Å². The number of benzene rings is 2. The third kappa shape index (κ3) is 2.52. The van der Waals surface area contributed by atoms with Gasteiger partial charge in [0.25, 0.3) is 0 Å². The number of rotatable bonds is 1. The molecule has 0 saturated carbocycles. The first-order valence-electron chi connectivity index (χ1n) is 5.35. The molecule has 0 amide bonds. The Labute approximate surface area is 135 Å². The van der Waals surface area contributed by atoms with Crippen LogP contribution >= 0.6 is 54.8 Å². The molecule has 1 aromatic heterocycles. The maximum absolute atomic E-state index is 5.99. The van der Waals surface area contributed by atoms with E-state index in [-0.39, 0.29) is 0 Å². The fourth-order valence-corrected chi connectivity index (χ4v) is 4.15. The molecule has 0 radical (unpaired) electrons. The number of thiazole rings is 1. The van der Waals surface area contributed by atoms with Crippen LogP contribution in [0.5, 0.6) is 0 Å². The Morgan fingerprint density at radius 2 is 1.79 bits per heavy atom. The zero-order valence-corrected chi connectivity index (χ0v) is 14.2. The third-order valence-electron chi connectivity index (χ3n) is 2.68. The summed E-state index contributed by atoms with van der Waals surface area (Å²) in [7, 11) is 0. The topological polar surface area (TPSA) is 38.9 Å². The van der Waals surface area contributed by atoms with Crippen LogP contribution in [0.3, 0.4) is 0 Å². The van der Waals surface area contributed by atoms with Crippen molar-refractivity contribution in [2.75, 3.05) is 5.73 Å². The van der Waals surface area contributed by atoms with Crippen LogP contribution in [0.15, 0.2) is 39.3 Å². The number of hydrogen-bond donors (Lipinski definition) is 1. The molecule has 2 nitrogen and oxygen atoms in total. The second-order valence-electron chi connectivity index (χ2n) is 3.98. The molecule has 0 fully saturated rings. The fourth-order valence-electron chi connectivity index (χ4n) is 1.73. The molecule has 2 N–H and O–H groups in total. The van der Waals surface area contributed by atoms with Gasteiger partial charge in [0.05, 0.1) is 15.9 Å². The van der Waals surface area contributed by atoms with Crippen LogP contribution in [-0.4, -0.2) is 4.98 Å². The number of nitrogens with zero attached hydrogens (tertiary/aromatic N) is 1. The highest BCUT2D eigenvalue weighted by molar-refractivity contribution is 9.11. The fraction of sp³-hybridized carbons (Fsp3) is 0. The Morgan fingerprint density at radius 1 is 1.11 bits per heavy atom. The number of anilines is 1. The number of hydrogen-bond acceptors (Lipinski definition) is 3. The van der Waals surface area contributed by atoms with E-state index >= 15 is 0 Å². The number of halogens is 3. The van der Waals surface area contributed by atoms with Crippen molar-refractivity contribution in [3.63, 3.8) is 0 Å². The van der Waals surface area contributed by atoms with Gasteiger partial charge in [-0.1, -0.05) is 11.6 Å². The zero-order chi connectivity index (χ0) is 13.6. The van der Waals surface area contributed by atoms with Crippen molar-refractivity contribution >= 4 is 70.7 Å². The van der Waals surface area contributed by atoms with Crippen LogP contribution in [0, 0.1) is 0 Å². The lowest BCUT2D eigenvalue weighted by molar-refractivity contribution is 1.46. The molecule has 0 bridgehead atoms. The van der Waals surface area contributed by atoms with Crippen molar-refractivity contribution in [2.45, 2.75) is 0 Å². The standard InChI is InChI=1S/C13H7Br2ClN2S/c14-8-3-6(4-9(15)12(8)17)13-18-10-2-1-7(16)5-11(10)19-13/h1-5H,17H2. The second-order valence-corrected chi connectivity index (χ2v) is 7.16. The summed E-state index contributed by atoms with van der Waals surface area (Å²) in [5, 5.41) is 1.67. The second kappa shape index (κ2) is 5.05. The van der Waals surface area contributed by atoms with E-state index in [9.17, 15) is 0 Å². The molecule has 19 heavy (non-hydrogen) atoms. The van der Waals surface area contributed by atoms with Gasteiger partial charge in [0.2, 0.25) is 0 Å². The van der Waals surface area contributed by atoms with Gasteiger partial charge in [-0.15, -0.1) is 11.3 Å². The van der Waals surface area contributed by atoms with Crippen molar-refractivity contribution in [1.82, 2.24) is 4.98 Å². The summed E-state index contributed by atoms with van der Waals surface area (Å²) in [6.07, 6.45) is 0. The Kier molecular flexibility index (Phi) is 3.55.